The molecule has 4 N–H and O–H groups in total. The fraction of sp³-hybridized carbons (Fsp3) is 0.545. The molecule has 7 heterocycles. The highest BCUT2D eigenvalue weighted by Gasteiger charge is 2.74. The third-order valence-electron chi connectivity index (χ3n) is 16.2. The van der Waals surface area contributed by atoms with Crippen LogP contribution in [0.3, 0.4) is 0 Å². The summed E-state index contributed by atoms with van der Waals surface area (Å²) in [6, 6.07) is 5.76. The minimum Gasteiger partial charge on any atom is -0.504 e. The summed E-state index contributed by atoms with van der Waals surface area (Å²) in [5, 5.41) is 31.7. The average molecular weight is 779 g/mol. The number of hydrogen-bond donors (Lipinski definition) is 4. The van der Waals surface area contributed by atoms with Crippen molar-refractivity contribution in [3.63, 3.8) is 0 Å². The number of esters is 2. The molecule has 3 saturated heterocycles. The molecule has 2 aliphatic carbocycles. The van der Waals surface area contributed by atoms with E-state index in [4.69, 9.17) is 23.7 Å². The lowest BCUT2D eigenvalue weighted by Gasteiger charge is -2.60. The van der Waals surface area contributed by atoms with E-state index in [1.165, 1.54) is 26.9 Å². The van der Waals surface area contributed by atoms with Crippen LogP contribution in [0, 0.1) is 10.8 Å². The fourth-order valence-corrected chi connectivity index (χ4v) is 14.1. The van der Waals surface area contributed by atoms with Crippen LogP contribution in [0.4, 0.5) is 11.4 Å². The molecule has 0 saturated carbocycles. The van der Waals surface area contributed by atoms with Crippen LogP contribution in [-0.2, 0) is 29.9 Å². The van der Waals surface area contributed by atoms with Gasteiger partial charge >= 0.3 is 11.9 Å². The number of carbonyl (C=O) groups is 2. The van der Waals surface area contributed by atoms with Gasteiger partial charge in [0.25, 0.3) is 0 Å². The monoisotopic (exact) mass is 778 g/mol. The van der Waals surface area contributed by atoms with E-state index in [9.17, 15) is 19.8 Å². The molecule has 2 aromatic carbocycles. The van der Waals surface area contributed by atoms with Gasteiger partial charge < -0.3 is 44.5 Å². The Labute approximate surface area is 331 Å². The van der Waals surface area contributed by atoms with E-state index in [1.807, 2.05) is 0 Å². The van der Waals surface area contributed by atoms with Gasteiger partial charge in [-0.2, -0.15) is 0 Å². The van der Waals surface area contributed by atoms with Gasteiger partial charge in [-0.3, -0.25) is 9.80 Å². The molecule has 9 aliphatic rings. The van der Waals surface area contributed by atoms with Crippen LogP contribution in [-0.4, -0.2) is 104 Å². The topological polar surface area (TPSA) is 151 Å². The number of piperidine rings is 1. The van der Waals surface area contributed by atoms with E-state index in [0.717, 1.165) is 54.1 Å². The number of carbonyl (C=O) groups excluding carboxylic acids is 2. The molecule has 13 nitrogen and oxygen atoms in total. The van der Waals surface area contributed by atoms with Gasteiger partial charge in [0, 0.05) is 71.3 Å². The van der Waals surface area contributed by atoms with E-state index in [0.29, 0.717) is 54.1 Å². The zero-order valence-electron chi connectivity index (χ0n) is 33.3. The van der Waals surface area contributed by atoms with Gasteiger partial charge in [-0.15, -0.1) is 0 Å². The number of phenolic OH excluding ortho intramolecular Hbond substituents is 1. The number of hydrogen-bond acceptors (Lipinski definition) is 13. The van der Waals surface area contributed by atoms with Gasteiger partial charge in [-0.25, -0.2) is 9.59 Å². The summed E-state index contributed by atoms with van der Waals surface area (Å²) in [6.45, 7) is 6.75. The number of anilines is 2. The number of aliphatic hydroxyl groups is 1. The van der Waals surface area contributed by atoms with Crippen LogP contribution in [0.2, 0.25) is 0 Å². The summed E-state index contributed by atoms with van der Waals surface area (Å²) in [5.41, 5.74) is 5.16. The first-order chi connectivity index (χ1) is 27.5. The SMILES string of the molecule is CC[C@]12C=CCN3CC[C@]4(C(=C(C(=O)OC)C1)Nc1cc5c(cc14)[C@@H]1[C@H](O5)[C@@H](O)[C@@]4(CC)CC(C(=O)OC)=C5Nc6c(cc(O)c(OC)c6OC)[C@@]56CCN1[C@@H]46)[C@@H]32. The number of rotatable bonds is 6. The smallest absolute Gasteiger partial charge is 0.335 e. The van der Waals surface area contributed by atoms with Crippen LogP contribution in [0.15, 0.2) is 52.9 Å². The average Bonchev–Trinajstić information content (AvgIpc) is 4.05. The number of phenols is 1. The van der Waals surface area contributed by atoms with Gasteiger partial charge in [-0.1, -0.05) is 26.0 Å². The normalized spacial score (nSPS) is 37.1. The van der Waals surface area contributed by atoms with Gasteiger partial charge in [0.2, 0.25) is 5.75 Å². The maximum atomic E-state index is 13.8. The molecule has 0 unspecified atom stereocenters. The predicted octanol–water partition coefficient (Wildman–Crippen LogP) is 4.79. The number of ether oxygens (including phenoxy) is 5. The Hall–Kier alpha value is -4.72. The van der Waals surface area contributed by atoms with Crippen molar-refractivity contribution < 1.29 is 43.5 Å². The first kappa shape index (κ1) is 35.4. The summed E-state index contributed by atoms with van der Waals surface area (Å²) in [7, 11) is 5.89. The van der Waals surface area contributed by atoms with Crippen LogP contribution in [0.1, 0.15) is 75.1 Å². The molecule has 0 radical (unpaired) electrons. The Kier molecular flexibility index (Phi) is 7.14. The highest BCUT2D eigenvalue weighted by Crippen LogP contribution is 2.72. The van der Waals surface area contributed by atoms with Gasteiger partial charge in [0.05, 0.1) is 62.1 Å². The maximum Gasteiger partial charge on any atom is 0.335 e. The molecule has 2 aromatic rings. The third kappa shape index (κ3) is 3.83. The summed E-state index contributed by atoms with van der Waals surface area (Å²) < 4.78 is 29.4. The lowest BCUT2D eigenvalue weighted by atomic mass is 9.51. The minimum absolute atomic E-state index is 0.0589. The minimum atomic E-state index is -0.953. The molecule has 300 valence electrons. The molecule has 0 aromatic heterocycles. The quantitative estimate of drug-likeness (QED) is 0.181. The van der Waals surface area contributed by atoms with E-state index >= 15 is 0 Å². The molecule has 57 heavy (non-hydrogen) atoms. The summed E-state index contributed by atoms with van der Waals surface area (Å²) >= 11 is 0. The first-order valence-electron chi connectivity index (χ1n) is 20.4. The van der Waals surface area contributed by atoms with Crippen molar-refractivity contribution in [2.45, 2.75) is 93.5 Å². The number of fused-ring (bicyclic) bond motifs is 6. The molecular formula is C44H50N4O9. The lowest BCUT2D eigenvalue weighted by Crippen LogP contribution is -2.69. The van der Waals surface area contributed by atoms with Crippen molar-refractivity contribution in [2.75, 3.05) is 58.7 Å². The predicted molar refractivity (Wildman–Crippen MR) is 208 cm³/mol. The molecular weight excluding hydrogens is 729 g/mol. The van der Waals surface area contributed by atoms with Crippen molar-refractivity contribution in [3.05, 3.63) is 69.6 Å². The third-order valence-corrected chi connectivity index (χ3v) is 16.2. The molecule has 13 heteroatoms. The van der Waals surface area contributed by atoms with Crippen molar-refractivity contribution in [1.29, 1.82) is 0 Å². The Morgan fingerprint density at radius 2 is 1.58 bits per heavy atom. The standard InChI is InChI=1S/C44H50N4O9/c1-7-41-10-9-13-47-14-11-43(39(41)47)24-16-21-28(18-26(24)45-34(43)22(19-41)37(51)55-5)57-33-30(21)48-15-12-44-25-17-27(49)31(53-3)32(54-4)29(25)46-35(44)23(38(52)56-6)20-42(8-2,36(33)50)40(44)48/h9-10,16-18,30,33,36,39-40,45-46,49-50H,7-8,11-15,19-20H2,1-6H3/t30-,33+,36-,39+,40+,41+,42-,43+,44+/m1/s1. The Balaban J connectivity index is 1.11. The second-order valence-electron chi connectivity index (χ2n) is 17.6. The highest BCUT2D eigenvalue weighted by molar-refractivity contribution is 5.95. The van der Waals surface area contributed by atoms with E-state index in [1.54, 1.807) is 13.2 Å². The van der Waals surface area contributed by atoms with Crippen molar-refractivity contribution in [1.82, 2.24) is 9.80 Å². The Morgan fingerprint density at radius 1 is 0.877 bits per heavy atom. The van der Waals surface area contributed by atoms with Gasteiger partial charge in [0.15, 0.2) is 11.5 Å². The van der Waals surface area contributed by atoms with Crippen LogP contribution in [0.25, 0.3) is 0 Å². The largest absolute Gasteiger partial charge is 0.504 e. The summed E-state index contributed by atoms with van der Waals surface area (Å²) in [4.78, 5) is 32.6. The summed E-state index contributed by atoms with van der Waals surface area (Å²) in [6.07, 6.45) is 6.91. The summed E-state index contributed by atoms with van der Waals surface area (Å²) in [5.74, 6) is 0.475. The number of benzene rings is 2. The molecule has 2 spiro atoms. The highest BCUT2D eigenvalue weighted by atomic mass is 16.5. The van der Waals surface area contributed by atoms with Gasteiger partial charge in [0.1, 0.15) is 18.0 Å². The van der Waals surface area contributed by atoms with Crippen LogP contribution < -0.4 is 24.8 Å². The lowest BCUT2D eigenvalue weighted by molar-refractivity contribution is -0.168. The van der Waals surface area contributed by atoms with E-state index in [2.05, 4.69) is 58.6 Å². The number of nitrogens with zero attached hydrogens (tertiary/aromatic N) is 2. The Bertz CT molecular complexity index is 2300. The first-order valence-corrected chi connectivity index (χ1v) is 20.4. The Morgan fingerprint density at radius 3 is 2.28 bits per heavy atom. The van der Waals surface area contributed by atoms with Crippen molar-refractivity contribution in [3.8, 4) is 23.0 Å². The second kappa shape index (κ2) is 11.5. The number of aromatic hydroxyl groups is 1. The molecule has 0 bridgehead atoms. The van der Waals surface area contributed by atoms with E-state index in [-0.39, 0.29) is 47.4 Å². The second-order valence-corrected chi connectivity index (χ2v) is 17.6. The maximum absolute atomic E-state index is 13.8. The number of aliphatic hydroxyl groups excluding tert-OH is 1. The number of methoxy groups -OCH3 is 4. The van der Waals surface area contributed by atoms with Crippen LogP contribution >= 0.6 is 0 Å². The zero-order valence-corrected chi connectivity index (χ0v) is 33.3. The molecule has 7 aliphatic heterocycles. The number of nitrogens with one attached hydrogen (secondary N) is 2. The van der Waals surface area contributed by atoms with Crippen molar-refractivity contribution >= 4 is 23.3 Å². The molecule has 9 atom stereocenters. The fourth-order valence-electron chi connectivity index (χ4n) is 14.1. The zero-order chi connectivity index (χ0) is 39.6. The molecule has 11 rings (SSSR count). The van der Waals surface area contributed by atoms with Crippen molar-refractivity contribution in [2.24, 2.45) is 10.8 Å². The molecule has 3 fully saturated rings. The molecule has 0 amide bonds. The van der Waals surface area contributed by atoms with Crippen LogP contribution in [0.5, 0.6) is 23.0 Å². The van der Waals surface area contributed by atoms with E-state index < -0.39 is 34.4 Å². The van der Waals surface area contributed by atoms with Gasteiger partial charge in [-0.05, 0) is 61.8 Å².